The molecule has 1 atom stereocenters. The summed E-state index contributed by atoms with van der Waals surface area (Å²) in [6, 6.07) is 5.84. The zero-order valence-electron chi connectivity index (χ0n) is 11.7. The van der Waals surface area contributed by atoms with Crippen molar-refractivity contribution in [2.24, 2.45) is 5.73 Å². The monoisotopic (exact) mass is 302 g/mol. The van der Waals surface area contributed by atoms with Gasteiger partial charge in [0.1, 0.15) is 9.88 Å². The van der Waals surface area contributed by atoms with Crippen LogP contribution in [0.2, 0.25) is 0 Å². The summed E-state index contributed by atoms with van der Waals surface area (Å²) in [4.78, 5) is 23.8. The molecule has 6 heteroatoms. The molecular formula is C15H18N4OS. The minimum absolute atomic E-state index is 0.0461. The second-order valence-electron chi connectivity index (χ2n) is 5.13. The Labute approximate surface area is 127 Å². The fourth-order valence-electron chi connectivity index (χ4n) is 2.64. The summed E-state index contributed by atoms with van der Waals surface area (Å²) in [6.45, 7) is 1.31. The summed E-state index contributed by atoms with van der Waals surface area (Å²) in [6.07, 6.45) is 6.57. The van der Waals surface area contributed by atoms with E-state index in [0.717, 1.165) is 36.5 Å². The van der Waals surface area contributed by atoms with Gasteiger partial charge in [-0.1, -0.05) is 6.07 Å². The van der Waals surface area contributed by atoms with Gasteiger partial charge in [-0.2, -0.15) is 0 Å². The minimum atomic E-state index is 0.0461. The van der Waals surface area contributed by atoms with Crippen molar-refractivity contribution in [2.45, 2.75) is 25.3 Å². The van der Waals surface area contributed by atoms with Crippen LogP contribution in [-0.4, -0.2) is 39.9 Å². The number of carbonyl (C=O) groups is 1. The number of hydrogen-bond donors (Lipinski definition) is 1. The lowest BCUT2D eigenvalue weighted by Gasteiger charge is -2.34. The number of thiazole rings is 1. The highest BCUT2D eigenvalue weighted by Gasteiger charge is 2.27. The Balaban J connectivity index is 1.81. The van der Waals surface area contributed by atoms with Crippen LogP contribution in [0.15, 0.2) is 30.6 Å². The number of hydrogen-bond acceptors (Lipinski definition) is 5. The number of rotatable bonds is 3. The quantitative estimate of drug-likeness (QED) is 0.943. The van der Waals surface area contributed by atoms with Crippen molar-refractivity contribution in [1.82, 2.24) is 14.9 Å². The molecule has 2 N–H and O–H groups in total. The van der Waals surface area contributed by atoms with E-state index in [1.54, 1.807) is 12.4 Å². The van der Waals surface area contributed by atoms with Gasteiger partial charge in [0.05, 0.1) is 11.9 Å². The smallest absolute Gasteiger partial charge is 0.265 e. The standard InChI is InChI=1S/C15H18N4OS/c16-9-11-5-2-4-8-19(11)15(20)13-10-18-14(21-13)12-6-1-3-7-17-12/h1,3,6-7,10-11H,2,4-5,8-9,16H2/t11-/m0/s1. The predicted molar refractivity (Wildman–Crippen MR) is 83.1 cm³/mol. The largest absolute Gasteiger partial charge is 0.334 e. The van der Waals surface area contributed by atoms with Crippen LogP contribution in [0.1, 0.15) is 28.9 Å². The van der Waals surface area contributed by atoms with Gasteiger partial charge < -0.3 is 10.6 Å². The van der Waals surface area contributed by atoms with E-state index in [1.165, 1.54) is 11.3 Å². The average Bonchev–Trinajstić information content (AvgIpc) is 3.05. The van der Waals surface area contributed by atoms with E-state index < -0.39 is 0 Å². The zero-order chi connectivity index (χ0) is 14.7. The number of carbonyl (C=O) groups excluding carboxylic acids is 1. The Hall–Kier alpha value is -1.79. The summed E-state index contributed by atoms with van der Waals surface area (Å²) in [5.74, 6) is 0.0461. The van der Waals surface area contributed by atoms with Crippen molar-refractivity contribution < 1.29 is 4.79 Å². The zero-order valence-corrected chi connectivity index (χ0v) is 12.6. The van der Waals surface area contributed by atoms with E-state index in [1.807, 2.05) is 23.1 Å². The molecule has 0 spiro atoms. The fourth-order valence-corrected chi connectivity index (χ4v) is 3.48. The van der Waals surface area contributed by atoms with Gasteiger partial charge in [-0.15, -0.1) is 11.3 Å². The Kier molecular flexibility index (Phi) is 4.26. The number of pyridine rings is 1. The lowest BCUT2D eigenvalue weighted by Crippen LogP contribution is -2.47. The second kappa shape index (κ2) is 6.32. The van der Waals surface area contributed by atoms with E-state index in [4.69, 9.17) is 5.73 Å². The molecule has 0 aromatic carbocycles. The fraction of sp³-hybridized carbons (Fsp3) is 0.400. The van der Waals surface area contributed by atoms with Crippen LogP contribution in [0, 0.1) is 0 Å². The minimum Gasteiger partial charge on any atom is -0.334 e. The summed E-state index contributed by atoms with van der Waals surface area (Å²) < 4.78 is 0. The highest BCUT2D eigenvalue weighted by atomic mass is 32.1. The van der Waals surface area contributed by atoms with Crippen LogP contribution < -0.4 is 5.73 Å². The van der Waals surface area contributed by atoms with Gasteiger partial charge in [-0.25, -0.2) is 4.98 Å². The molecule has 0 saturated carbocycles. The highest BCUT2D eigenvalue weighted by molar-refractivity contribution is 7.16. The number of aromatic nitrogens is 2. The molecule has 0 radical (unpaired) electrons. The molecule has 1 aliphatic heterocycles. The number of likely N-dealkylation sites (tertiary alicyclic amines) is 1. The number of amides is 1. The third kappa shape index (κ3) is 2.96. The maximum Gasteiger partial charge on any atom is 0.265 e. The van der Waals surface area contributed by atoms with E-state index in [-0.39, 0.29) is 11.9 Å². The summed E-state index contributed by atoms with van der Waals surface area (Å²) in [7, 11) is 0. The Morgan fingerprint density at radius 3 is 3.05 bits per heavy atom. The Morgan fingerprint density at radius 2 is 2.29 bits per heavy atom. The van der Waals surface area contributed by atoms with E-state index in [0.29, 0.717) is 11.4 Å². The molecular weight excluding hydrogens is 284 g/mol. The first-order valence-corrected chi connectivity index (χ1v) is 7.99. The lowest BCUT2D eigenvalue weighted by molar-refractivity contribution is 0.0628. The summed E-state index contributed by atoms with van der Waals surface area (Å²) in [5, 5.41) is 0.778. The van der Waals surface area contributed by atoms with E-state index in [2.05, 4.69) is 9.97 Å². The first kappa shape index (κ1) is 14.2. The maximum absolute atomic E-state index is 12.6. The highest BCUT2D eigenvalue weighted by Crippen LogP contribution is 2.26. The first-order valence-electron chi connectivity index (χ1n) is 7.18. The molecule has 0 unspecified atom stereocenters. The molecule has 0 bridgehead atoms. The van der Waals surface area contributed by atoms with Crippen LogP contribution in [0.5, 0.6) is 0 Å². The van der Waals surface area contributed by atoms with Gasteiger partial charge in [0.2, 0.25) is 0 Å². The van der Waals surface area contributed by atoms with Gasteiger partial charge in [0, 0.05) is 25.3 Å². The molecule has 110 valence electrons. The molecule has 0 aliphatic carbocycles. The van der Waals surface area contributed by atoms with Crippen molar-refractivity contribution in [2.75, 3.05) is 13.1 Å². The third-order valence-corrected chi connectivity index (χ3v) is 4.77. The van der Waals surface area contributed by atoms with Crippen molar-refractivity contribution >= 4 is 17.2 Å². The van der Waals surface area contributed by atoms with Crippen LogP contribution in [0.4, 0.5) is 0 Å². The van der Waals surface area contributed by atoms with Gasteiger partial charge >= 0.3 is 0 Å². The maximum atomic E-state index is 12.6. The molecule has 1 saturated heterocycles. The second-order valence-corrected chi connectivity index (χ2v) is 6.16. The first-order chi connectivity index (χ1) is 10.3. The van der Waals surface area contributed by atoms with Crippen LogP contribution in [0.3, 0.4) is 0 Å². The molecule has 2 aromatic rings. The molecule has 21 heavy (non-hydrogen) atoms. The van der Waals surface area contributed by atoms with E-state index in [9.17, 15) is 4.79 Å². The van der Waals surface area contributed by atoms with Crippen molar-refractivity contribution in [3.8, 4) is 10.7 Å². The molecule has 1 fully saturated rings. The lowest BCUT2D eigenvalue weighted by atomic mass is 10.0. The normalized spacial score (nSPS) is 18.7. The predicted octanol–water partition coefficient (Wildman–Crippen LogP) is 2.16. The Morgan fingerprint density at radius 1 is 1.38 bits per heavy atom. The molecule has 5 nitrogen and oxygen atoms in total. The van der Waals surface area contributed by atoms with Crippen LogP contribution in [-0.2, 0) is 0 Å². The summed E-state index contributed by atoms with van der Waals surface area (Å²) in [5.41, 5.74) is 6.59. The molecule has 2 aromatic heterocycles. The Bertz CT molecular complexity index is 613. The molecule has 1 amide bonds. The molecule has 3 rings (SSSR count). The van der Waals surface area contributed by atoms with Gasteiger partial charge in [0.15, 0.2) is 0 Å². The third-order valence-electron chi connectivity index (χ3n) is 3.76. The van der Waals surface area contributed by atoms with Crippen LogP contribution in [0.25, 0.3) is 10.7 Å². The SMILES string of the molecule is NC[C@@H]1CCCCN1C(=O)c1cnc(-c2ccccn2)s1. The van der Waals surface area contributed by atoms with Crippen molar-refractivity contribution in [3.63, 3.8) is 0 Å². The van der Waals surface area contributed by atoms with Crippen LogP contribution >= 0.6 is 11.3 Å². The summed E-state index contributed by atoms with van der Waals surface area (Å²) >= 11 is 1.39. The van der Waals surface area contributed by atoms with Gasteiger partial charge in [-0.3, -0.25) is 9.78 Å². The molecule has 3 heterocycles. The van der Waals surface area contributed by atoms with Crippen molar-refractivity contribution in [1.29, 1.82) is 0 Å². The topological polar surface area (TPSA) is 72.1 Å². The van der Waals surface area contributed by atoms with Gasteiger partial charge in [-0.05, 0) is 31.4 Å². The molecule has 1 aliphatic rings. The van der Waals surface area contributed by atoms with Gasteiger partial charge in [0.25, 0.3) is 5.91 Å². The van der Waals surface area contributed by atoms with Crippen molar-refractivity contribution in [3.05, 3.63) is 35.5 Å². The number of piperidine rings is 1. The number of nitrogens with two attached hydrogens (primary N) is 1. The van der Waals surface area contributed by atoms with E-state index >= 15 is 0 Å². The number of nitrogens with zero attached hydrogens (tertiary/aromatic N) is 3. The average molecular weight is 302 g/mol.